The number of amides is 1. The van der Waals surface area contributed by atoms with E-state index in [9.17, 15) is 29.7 Å². The van der Waals surface area contributed by atoms with Gasteiger partial charge < -0.3 is 50.1 Å². The van der Waals surface area contributed by atoms with Gasteiger partial charge >= 0.3 is 12.1 Å². The average Bonchev–Trinajstić information content (AvgIpc) is 3.83. The number of carbonyl (C=O) groups excluding carboxylic acids is 3. The molecule has 0 aliphatic carbocycles. The van der Waals surface area contributed by atoms with Crippen LogP contribution < -0.4 is 11.1 Å². The van der Waals surface area contributed by atoms with E-state index in [1.165, 1.54) is 6.92 Å². The number of aliphatic hydroxyl groups excluding tert-OH is 3. The third-order valence-electron chi connectivity index (χ3n) is 13.4. The van der Waals surface area contributed by atoms with E-state index in [0.717, 1.165) is 5.56 Å². The Balaban J connectivity index is 1.38. The predicted octanol–water partition coefficient (Wildman–Crippen LogP) is 3.01. The zero-order valence-corrected chi connectivity index (χ0v) is 38.6. The molecule has 354 valence electrons. The zero-order chi connectivity index (χ0) is 46.2. The lowest BCUT2D eigenvalue weighted by molar-refractivity contribution is -0.297. The van der Waals surface area contributed by atoms with Crippen molar-refractivity contribution in [3.63, 3.8) is 0 Å². The van der Waals surface area contributed by atoms with E-state index in [0.29, 0.717) is 63.1 Å². The number of aliphatic hydroxyl groups is 3. The molecule has 3 unspecified atom stereocenters. The minimum Gasteiger partial charge on any atom is -0.458 e. The minimum absolute atomic E-state index is 0.0701. The van der Waals surface area contributed by atoms with Gasteiger partial charge in [-0.25, -0.2) is 4.79 Å². The molecule has 3 fully saturated rings. The van der Waals surface area contributed by atoms with Crippen LogP contribution in [0.15, 0.2) is 30.5 Å². The van der Waals surface area contributed by atoms with Gasteiger partial charge in [-0.15, -0.1) is 5.10 Å². The van der Waals surface area contributed by atoms with Crippen LogP contribution in [-0.2, 0) is 39.8 Å². The lowest BCUT2D eigenvalue weighted by atomic mass is 9.78. The van der Waals surface area contributed by atoms with E-state index in [2.05, 4.69) is 22.6 Å². The van der Waals surface area contributed by atoms with Gasteiger partial charge in [0.15, 0.2) is 17.7 Å². The summed E-state index contributed by atoms with van der Waals surface area (Å²) in [5.74, 6) is -3.46. The van der Waals surface area contributed by atoms with Crippen LogP contribution in [0.4, 0.5) is 10.5 Å². The molecule has 1 aromatic carbocycles. The Kier molecular flexibility index (Phi) is 17.5. The molecule has 0 radical (unpaired) electrons. The van der Waals surface area contributed by atoms with Crippen molar-refractivity contribution in [2.24, 2.45) is 17.8 Å². The number of ketones is 1. The van der Waals surface area contributed by atoms with Crippen molar-refractivity contribution < 1.29 is 53.4 Å². The largest absolute Gasteiger partial charge is 0.458 e. The Labute approximate surface area is 372 Å². The Morgan fingerprint density at radius 3 is 2.40 bits per heavy atom. The van der Waals surface area contributed by atoms with Gasteiger partial charge in [-0.3, -0.25) is 24.1 Å². The quantitative estimate of drug-likeness (QED) is 0.0749. The summed E-state index contributed by atoms with van der Waals surface area (Å²) in [6.07, 6.45) is -0.826. The molecule has 0 saturated carbocycles. The zero-order valence-electron chi connectivity index (χ0n) is 38.6. The van der Waals surface area contributed by atoms with Crippen LogP contribution in [-0.4, -0.2) is 164 Å². The summed E-state index contributed by atoms with van der Waals surface area (Å²) >= 11 is 0. The van der Waals surface area contributed by atoms with Crippen LogP contribution in [0.1, 0.15) is 87.5 Å². The smallest absolute Gasteiger partial charge is 0.410 e. The first kappa shape index (κ1) is 50.3. The van der Waals surface area contributed by atoms with Gasteiger partial charge in [0.05, 0.1) is 43.3 Å². The third kappa shape index (κ3) is 11.6. The number of methoxy groups -OCH3 is 1. The molecule has 13 atom stereocenters. The monoisotopic (exact) mass is 888 g/mol. The van der Waals surface area contributed by atoms with Crippen LogP contribution in [0.25, 0.3) is 11.3 Å². The van der Waals surface area contributed by atoms with Crippen LogP contribution in [0.5, 0.6) is 0 Å². The van der Waals surface area contributed by atoms with Gasteiger partial charge in [-0.05, 0) is 91.3 Å². The highest BCUT2D eigenvalue weighted by atomic mass is 16.7. The average molecular weight is 888 g/mol. The summed E-state index contributed by atoms with van der Waals surface area (Å²) in [6, 6.07) is 6.07. The summed E-state index contributed by atoms with van der Waals surface area (Å²) < 4.78 is 33.4. The molecule has 0 bridgehead atoms. The second kappa shape index (κ2) is 22.0. The molecule has 3 saturated heterocycles. The standard InChI is InChI=1S/C45H73N7O11/c1-10-36-45(8)39(52(43(58)63-45)17-12-11-16-51-26-34(48-49-51)32-14-13-15-33(46)23-32)31(6)47-25-27(2)24-44(7,59-9)40(29(4)37(55)30(5)41(57)61-36)62-42-38(56)35(22-28(3)60-42)50(18-20-53)19-21-54/h13-15,23,26-31,35-36,38-40,42,47,53-54,56H,10-12,16-22,24-25,46H2,1-9H3/t27-,28?,29+,30-,31-,35?,36-,38?,39-,40-,42+,44-,45-/m1/s1. The van der Waals surface area contributed by atoms with Crippen molar-refractivity contribution in [3.8, 4) is 11.3 Å². The van der Waals surface area contributed by atoms with E-state index < -0.39 is 77.6 Å². The number of fused-ring (bicyclic) bond motifs is 1. The molecule has 6 N–H and O–H groups in total. The second-order valence-electron chi connectivity index (χ2n) is 18.3. The molecule has 63 heavy (non-hydrogen) atoms. The molecule has 1 aromatic heterocycles. The SMILES string of the molecule is CC[C@H]1OC(=O)[C@H](C)C(=O)[C@H](C)[C@@H](O[C@@H]2OC(C)CC(N(CCO)CCO)C2O)[C@](C)(OC)C[C@@H](C)CN[C@H](C)[C@H]2N(CCCCn3cc(-c4cccc(N)c4)nn3)C(=O)O[C@]12C. The Bertz CT molecular complexity index is 1810. The van der Waals surface area contributed by atoms with Gasteiger partial charge in [0.1, 0.15) is 23.8 Å². The van der Waals surface area contributed by atoms with Crippen LogP contribution >= 0.6 is 0 Å². The van der Waals surface area contributed by atoms with E-state index in [1.54, 1.807) is 30.5 Å². The number of nitrogen functional groups attached to an aromatic ring is 1. The normalized spacial score (nSPS) is 34.9. The highest BCUT2D eigenvalue weighted by Crippen LogP contribution is 2.40. The van der Waals surface area contributed by atoms with Crippen molar-refractivity contribution in [2.75, 3.05) is 52.2 Å². The maximum absolute atomic E-state index is 14.5. The van der Waals surface area contributed by atoms with E-state index >= 15 is 0 Å². The maximum Gasteiger partial charge on any atom is 0.410 e. The number of nitrogens with two attached hydrogens (primary N) is 1. The molecule has 1 amide bonds. The lowest BCUT2D eigenvalue weighted by Gasteiger charge is -2.47. The van der Waals surface area contributed by atoms with Gasteiger partial charge in [-0.1, -0.05) is 38.1 Å². The molecule has 3 aliphatic rings. The van der Waals surface area contributed by atoms with Crippen molar-refractivity contribution in [1.29, 1.82) is 0 Å². The molecule has 18 heteroatoms. The van der Waals surface area contributed by atoms with Crippen LogP contribution in [0.2, 0.25) is 0 Å². The van der Waals surface area contributed by atoms with E-state index in [-0.39, 0.29) is 44.4 Å². The molecule has 18 nitrogen and oxygen atoms in total. The van der Waals surface area contributed by atoms with Crippen molar-refractivity contribution in [3.05, 3.63) is 30.5 Å². The fourth-order valence-electron chi connectivity index (χ4n) is 10.0. The number of aromatic nitrogens is 3. The van der Waals surface area contributed by atoms with Crippen molar-refractivity contribution in [1.82, 2.24) is 30.1 Å². The van der Waals surface area contributed by atoms with Crippen LogP contribution in [0.3, 0.4) is 0 Å². The van der Waals surface area contributed by atoms with Gasteiger partial charge in [0, 0.05) is 62.5 Å². The topological polar surface area (TPSA) is 233 Å². The summed E-state index contributed by atoms with van der Waals surface area (Å²) in [5, 5.41) is 43.5. The van der Waals surface area contributed by atoms with Gasteiger partial charge in [0.2, 0.25) is 0 Å². The second-order valence-corrected chi connectivity index (χ2v) is 18.3. The molecular formula is C45H73N7O11. The molecule has 5 rings (SSSR count). The number of ether oxygens (including phenoxy) is 5. The van der Waals surface area contributed by atoms with Crippen LogP contribution in [0, 0.1) is 17.8 Å². The fraction of sp³-hybridized carbons (Fsp3) is 0.756. The van der Waals surface area contributed by atoms with Crippen molar-refractivity contribution >= 4 is 23.5 Å². The summed E-state index contributed by atoms with van der Waals surface area (Å²) in [5.41, 5.74) is 5.80. The summed E-state index contributed by atoms with van der Waals surface area (Å²) in [7, 11) is 1.55. The number of unbranched alkanes of at least 4 members (excludes halogenated alkanes) is 1. The Morgan fingerprint density at radius 2 is 1.75 bits per heavy atom. The number of benzene rings is 1. The number of cyclic esters (lactones) is 1. The fourth-order valence-corrected chi connectivity index (χ4v) is 10.0. The first-order chi connectivity index (χ1) is 29.9. The lowest BCUT2D eigenvalue weighted by Crippen LogP contribution is -2.61. The number of hydrogen-bond acceptors (Lipinski definition) is 16. The minimum atomic E-state index is -1.27. The highest BCUT2D eigenvalue weighted by Gasteiger charge is 2.58. The number of rotatable bonds is 15. The number of nitrogens with zero attached hydrogens (tertiary/aromatic N) is 5. The maximum atomic E-state index is 14.5. The molecule has 4 heterocycles. The Morgan fingerprint density at radius 1 is 1.05 bits per heavy atom. The number of anilines is 1. The Hall–Kier alpha value is -3.75. The first-order valence-corrected chi connectivity index (χ1v) is 22.6. The third-order valence-corrected chi connectivity index (χ3v) is 13.4. The van der Waals surface area contributed by atoms with Gasteiger partial charge in [-0.2, -0.15) is 0 Å². The number of esters is 1. The van der Waals surface area contributed by atoms with Crippen molar-refractivity contribution in [2.45, 2.75) is 154 Å². The number of hydrogen-bond donors (Lipinski definition) is 5. The molecule has 0 spiro atoms. The summed E-state index contributed by atoms with van der Waals surface area (Å²) in [6.45, 7) is 16.2. The first-order valence-electron chi connectivity index (χ1n) is 22.6. The van der Waals surface area contributed by atoms with Gasteiger partial charge in [0.25, 0.3) is 0 Å². The molecular weight excluding hydrogens is 815 g/mol. The van der Waals surface area contributed by atoms with E-state index in [1.807, 2.05) is 63.1 Å². The van der Waals surface area contributed by atoms with E-state index in [4.69, 9.17) is 29.4 Å². The highest BCUT2D eigenvalue weighted by molar-refractivity contribution is 6.00. The number of Topliss-reactive ketones (excluding diaryl/α,β-unsaturated/α-hetero) is 1. The molecule has 3 aliphatic heterocycles. The summed E-state index contributed by atoms with van der Waals surface area (Å²) in [4.78, 5) is 46.0. The predicted molar refractivity (Wildman–Crippen MR) is 234 cm³/mol. The number of nitrogens with one attached hydrogen (secondary N) is 1. The number of aryl methyl sites for hydroxylation is 1. The molecule has 2 aromatic rings. The number of carbonyl (C=O) groups is 3.